The minimum absolute atomic E-state index is 0.128. The van der Waals surface area contributed by atoms with Crippen LogP contribution in [0.4, 0.5) is 0 Å². The summed E-state index contributed by atoms with van der Waals surface area (Å²) in [4.78, 5) is 12.3. The van der Waals surface area contributed by atoms with Gasteiger partial charge < -0.3 is 14.8 Å². The van der Waals surface area contributed by atoms with Gasteiger partial charge in [0.25, 0.3) is 11.8 Å². The van der Waals surface area contributed by atoms with Crippen LogP contribution in [0.5, 0.6) is 0 Å². The average Bonchev–Trinajstić information content (AvgIpc) is 2.44. The van der Waals surface area contributed by atoms with Crippen LogP contribution in [0.25, 0.3) is 12.2 Å². The van der Waals surface area contributed by atoms with Crippen molar-refractivity contribution >= 4 is 12.2 Å². The second-order valence-corrected chi connectivity index (χ2v) is 5.54. The van der Waals surface area contributed by atoms with Gasteiger partial charge in [-0.1, -0.05) is 12.2 Å². The molecule has 1 aromatic rings. The summed E-state index contributed by atoms with van der Waals surface area (Å²) in [5, 5.41) is 19.0. The van der Waals surface area contributed by atoms with Crippen LogP contribution in [0.15, 0.2) is 4.79 Å². The molecule has 0 fully saturated rings. The van der Waals surface area contributed by atoms with E-state index >= 15 is 0 Å². The number of nitrogens with zero attached hydrogens (tertiary/aromatic N) is 1. The second kappa shape index (κ2) is 4.62. The van der Waals surface area contributed by atoms with Crippen LogP contribution in [0.1, 0.15) is 30.4 Å². The summed E-state index contributed by atoms with van der Waals surface area (Å²) in [5.74, 6) is -0.156. The Balaban J connectivity index is 2.35. The molecule has 2 atom stereocenters. The van der Waals surface area contributed by atoms with Crippen molar-refractivity contribution in [2.75, 3.05) is 0 Å². The Morgan fingerprint density at radius 2 is 2.05 bits per heavy atom. The van der Waals surface area contributed by atoms with Crippen LogP contribution in [-0.4, -0.2) is 21.1 Å². The molecular formula is C15H20NO3+. The minimum atomic E-state index is -1.08. The van der Waals surface area contributed by atoms with Gasteiger partial charge in [-0.2, -0.15) is 0 Å². The first-order valence-electron chi connectivity index (χ1n) is 6.91. The summed E-state index contributed by atoms with van der Waals surface area (Å²) in [5.41, 5.74) is 2.23. The third-order valence-corrected chi connectivity index (χ3v) is 4.36. The molecule has 4 heteroatoms. The molecule has 1 heterocycles. The zero-order chi connectivity index (χ0) is 13.6. The smallest absolute Gasteiger partial charge is 0.267 e. The molecule has 2 unspecified atom stereocenters. The van der Waals surface area contributed by atoms with E-state index in [-0.39, 0.29) is 11.5 Å². The SMILES string of the molecule is Cn1c(=O)c2c(c3c1=CCC(C(O)[OH2+])C=3)CCCC2. The molecule has 2 aliphatic carbocycles. The van der Waals surface area contributed by atoms with E-state index in [2.05, 4.69) is 0 Å². The standard InChI is InChI=1S/C15H19NO3/c1-16-13-7-6-9(15(18)19)8-12(13)10-4-2-3-5-11(10)14(16)17/h7-9,15,18-19H,2-6H2,1H3/p+1. The van der Waals surface area contributed by atoms with Crippen LogP contribution in [0, 0.1) is 5.92 Å². The molecule has 4 nitrogen and oxygen atoms in total. The molecule has 3 N–H and O–H groups in total. The topological polar surface area (TPSA) is 65.1 Å². The van der Waals surface area contributed by atoms with Crippen LogP contribution < -0.4 is 16.1 Å². The first-order chi connectivity index (χ1) is 9.09. The molecule has 0 aromatic carbocycles. The van der Waals surface area contributed by atoms with Crippen LogP contribution in [0.3, 0.4) is 0 Å². The van der Waals surface area contributed by atoms with Gasteiger partial charge in [-0.3, -0.25) is 4.79 Å². The van der Waals surface area contributed by atoms with Crippen LogP contribution in [0.2, 0.25) is 0 Å². The number of fused-ring (bicyclic) bond motifs is 3. The highest BCUT2D eigenvalue weighted by Crippen LogP contribution is 2.17. The lowest BCUT2D eigenvalue weighted by molar-refractivity contribution is -0.0643. The molecule has 0 aliphatic heterocycles. The number of aliphatic hydroxyl groups excluding tert-OH is 1. The van der Waals surface area contributed by atoms with Gasteiger partial charge in [-0.15, -0.1) is 0 Å². The summed E-state index contributed by atoms with van der Waals surface area (Å²) in [7, 11) is 1.82. The molecule has 102 valence electrons. The van der Waals surface area contributed by atoms with Gasteiger partial charge in [0, 0.05) is 18.0 Å². The summed E-state index contributed by atoms with van der Waals surface area (Å²) < 4.78 is 1.72. The summed E-state index contributed by atoms with van der Waals surface area (Å²) >= 11 is 0. The van der Waals surface area contributed by atoms with E-state index in [1.807, 2.05) is 19.2 Å². The first kappa shape index (κ1) is 12.6. The van der Waals surface area contributed by atoms with Gasteiger partial charge in [0.15, 0.2) is 0 Å². The first-order valence-corrected chi connectivity index (χ1v) is 6.91. The number of hydrogen-bond donors (Lipinski definition) is 1. The number of aromatic nitrogens is 1. The molecule has 0 bridgehead atoms. The average molecular weight is 262 g/mol. The Hall–Kier alpha value is -1.39. The zero-order valence-corrected chi connectivity index (χ0v) is 11.1. The van der Waals surface area contributed by atoms with E-state index in [1.54, 1.807) is 4.57 Å². The predicted molar refractivity (Wildman–Crippen MR) is 74.2 cm³/mol. The van der Waals surface area contributed by atoms with Crippen molar-refractivity contribution in [1.82, 2.24) is 4.57 Å². The Bertz CT molecular complexity index is 685. The van der Waals surface area contributed by atoms with E-state index in [0.717, 1.165) is 47.4 Å². The van der Waals surface area contributed by atoms with Crippen molar-refractivity contribution in [3.05, 3.63) is 32.0 Å². The molecular weight excluding hydrogens is 242 g/mol. The maximum absolute atomic E-state index is 12.3. The second-order valence-electron chi connectivity index (χ2n) is 5.54. The quantitative estimate of drug-likeness (QED) is 0.515. The highest BCUT2D eigenvalue weighted by atomic mass is 16.5. The maximum atomic E-state index is 12.3. The van der Waals surface area contributed by atoms with Gasteiger partial charge in [-0.25, -0.2) is 0 Å². The Morgan fingerprint density at radius 3 is 2.74 bits per heavy atom. The fourth-order valence-electron chi connectivity index (χ4n) is 3.27. The lowest BCUT2D eigenvalue weighted by Crippen LogP contribution is -2.49. The van der Waals surface area contributed by atoms with Crippen LogP contribution >= 0.6 is 0 Å². The highest BCUT2D eigenvalue weighted by molar-refractivity contribution is 5.45. The van der Waals surface area contributed by atoms with Crippen molar-refractivity contribution in [3.8, 4) is 0 Å². The number of hydrogen-bond acceptors (Lipinski definition) is 2. The van der Waals surface area contributed by atoms with Crippen molar-refractivity contribution in [1.29, 1.82) is 0 Å². The third-order valence-electron chi connectivity index (χ3n) is 4.36. The summed E-state index contributed by atoms with van der Waals surface area (Å²) in [6, 6.07) is 0. The van der Waals surface area contributed by atoms with Crippen molar-refractivity contribution < 1.29 is 10.2 Å². The van der Waals surface area contributed by atoms with E-state index < -0.39 is 6.29 Å². The van der Waals surface area contributed by atoms with Crippen molar-refractivity contribution in [2.24, 2.45) is 13.0 Å². The highest BCUT2D eigenvalue weighted by Gasteiger charge is 2.23. The largest absolute Gasteiger partial charge is 0.421 e. The molecule has 19 heavy (non-hydrogen) atoms. The van der Waals surface area contributed by atoms with Gasteiger partial charge in [0.2, 0.25) is 0 Å². The predicted octanol–water partition coefficient (Wildman–Crippen LogP) is -1.11. The molecule has 0 amide bonds. The van der Waals surface area contributed by atoms with Crippen molar-refractivity contribution in [2.45, 2.75) is 38.4 Å². The van der Waals surface area contributed by atoms with Gasteiger partial charge in [-0.05, 0) is 42.9 Å². The Morgan fingerprint density at radius 1 is 1.37 bits per heavy atom. The lowest BCUT2D eigenvalue weighted by atomic mass is 9.88. The van der Waals surface area contributed by atoms with Gasteiger partial charge in [0.05, 0.1) is 5.92 Å². The van der Waals surface area contributed by atoms with Gasteiger partial charge >= 0.3 is 0 Å². The summed E-state index contributed by atoms with van der Waals surface area (Å²) in [6.45, 7) is 0. The monoisotopic (exact) mass is 262 g/mol. The molecule has 1 aromatic heterocycles. The maximum Gasteiger partial charge on any atom is 0.267 e. The number of rotatable bonds is 1. The van der Waals surface area contributed by atoms with Gasteiger partial charge in [0.1, 0.15) is 0 Å². The van der Waals surface area contributed by atoms with E-state index in [4.69, 9.17) is 5.11 Å². The van der Waals surface area contributed by atoms with E-state index in [9.17, 15) is 9.90 Å². The third kappa shape index (κ3) is 1.95. The Kier molecular flexibility index (Phi) is 3.07. The molecule has 2 aliphatic rings. The van der Waals surface area contributed by atoms with Crippen molar-refractivity contribution in [3.63, 3.8) is 0 Å². The molecule has 0 saturated heterocycles. The molecule has 3 rings (SSSR count). The Labute approximate surface area is 111 Å². The fraction of sp³-hybridized carbons (Fsp3) is 0.533. The summed E-state index contributed by atoms with van der Waals surface area (Å²) in [6.07, 6.45) is 7.54. The number of aliphatic hydroxyl groups is 1. The van der Waals surface area contributed by atoms with E-state index in [0.29, 0.717) is 6.42 Å². The zero-order valence-electron chi connectivity index (χ0n) is 11.1. The number of pyridine rings is 1. The lowest BCUT2D eigenvalue weighted by Gasteiger charge is -2.21. The van der Waals surface area contributed by atoms with Crippen LogP contribution in [-0.2, 0) is 19.9 Å². The molecule has 0 radical (unpaired) electrons. The van der Waals surface area contributed by atoms with E-state index in [1.165, 1.54) is 0 Å². The normalized spacial score (nSPS) is 22.8. The minimum Gasteiger partial charge on any atom is -0.421 e. The molecule has 0 spiro atoms. The fourth-order valence-corrected chi connectivity index (χ4v) is 3.27. The molecule has 0 saturated carbocycles.